The lowest BCUT2D eigenvalue weighted by atomic mass is 9.75. The summed E-state index contributed by atoms with van der Waals surface area (Å²) in [5, 5.41) is 0. The molecular weight excluding hydrogens is 636 g/mol. The van der Waals surface area contributed by atoms with Gasteiger partial charge in [0, 0.05) is 20.0 Å². The van der Waals surface area contributed by atoms with Crippen molar-refractivity contribution in [2.75, 3.05) is 79.0 Å². The zero-order valence-corrected chi connectivity index (χ0v) is 35.7. The van der Waals surface area contributed by atoms with E-state index < -0.39 is 12.3 Å². The zero-order chi connectivity index (χ0) is 38.7. The van der Waals surface area contributed by atoms with E-state index in [1.165, 1.54) is 45.6 Å². The van der Waals surface area contributed by atoms with Gasteiger partial charge < -0.3 is 9.80 Å². The lowest BCUT2D eigenvalue weighted by Crippen LogP contribution is -2.51. The molecule has 0 aromatic carbocycles. The van der Waals surface area contributed by atoms with E-state index in [9.17, 15) is 17.6 Å². The molecule has 0 aromatic rings. The van der Waals surface area contributed by atoms with E-state index in [2.05, 4.69) is 107 Å². The first-order valence-electron chi connectivity index (χ1n) is 20.1. The number of piperidine rings is 3. The van der Waals surface area contributed by atoms with Crippen LogP contribution in [0.15, 0.2) is 0 Å². The third kappa shape index (κ3) is 19.6. The van der Waals surface area contributed by atoms with Crippen molar-refractivity contribution < 1.29 is 17.6 Å². The Balaban J connectivity index is 0.000000337. The van der Waals surface area contributed by atoms with E-state index in [1.807, 2.05) is 9.80 Å². The maximum absolute atomic E-state index is 12.8. The molecule has 4 rings (SSSR count). The SMILES string of the molecule is CC(C)(C)C1CCN(CC(F)F)CC1.CC(F)(F)CN1CCC(C(C)(C)C)CC1.CCN1CC(C(C)(C)C)C1.CN1CCC(C(C)(C)C)CC1. The lowest BCUT2D eigenvalue weighted by molar-refractivity contribution is -0.0271. The standard InChI is InChI=1S/C12H23F2N.C11H21F2N.C10H21N.C9H19N/c1-11(2,3)10-5-7-15(8-6-10)9-12(4,13)14;1-11(2,3)9-4-6-14(7-5-9)8-10(12)13;1-10(2,3)9-5-7-11(4)8-6-9;1-5-10-6-8(7-10)9(2,3)4/h10H,5-9H2,1-4H3;9-10H,4-8H2,1-3H3;9H,5-8H2,1-4H3;8H,5-7H2,1-4H3. The number of rotatable bonds is 5. The molecule has 4 nitrogen and oxygen atoms in total. The number of hydrogen-bond donors (Lipinski definition) is 0. The summed E-state index contributed by atoms with van der Waals surface area (Å²) < 4.78 is 49.8. The summed E-state index contributed by atoms with van der Waals surface area (Å²) in [6.45, 7) is 40.4. The molecule has 0 aliphatic carbocycles. The number of likely N-dealkylation sites (tertiary alicyclic amines) is 4. The molecule has 4 aliphatic heterocycles. The van der Waals surface area contributed by atoms with Crippen LogP contribution < -0.4 is 0 Å². The van der Waals surface area contributed by atoms with Crippen molar-refractivity contribution in [3.8, 4) is 0 Å². The molecule has 4 fully saturated rings. The molecule has 0 amide bonds. The first kappa shape index (κ1) is 47.6. The van der Waals surface area contributed by atoms with Crippen molar-refractivity contribution in [2.24, 2.45) is 45.3 Å². The largest absolute Gasteiger partial charge is 0.306 e. The molecule has 8 heteroatoms. The van der Waals surface area contributed by atoms with Crippen molar-refractivity contribution in [2.45, 2.75) is 148 Å². The molecule has 0 saturated carbocycles. The van der Waals surface area contributed by atoms with Crippen molar-refractivity contribution >= 4 is 0 Å². The molecule has 0 aromatic heterocycles. The third-order valence-corrected chi connectivity index (χ3v) is 12.1. The minimum atomic E-state index is -2.55. The van der Waals surface area contributed by atoms with Crippen LogP contribution in [0.2, 0.25) is 0 Å². The van der Waals surface area contributed by atoms with Crippen LogP contribution in [0.5, 0.6) is 0 Å². The van der Waals surface area contributed by atoms with Gasteiger partial charge >= 0.3 is 0 Å². The molecule has 0 atom stereocenters. The van der Waals surface area contributed by atoms with Crippen LogP contribution in [0.1, 0.15) is 135 Å². The van der Waals surface area contributed by atoms with Gasteiger partial charge in [-0.25, -0.2) is 17.6 Å². The van der Waals surface area contributed by atoms with E-state index >= 15 is 0 Å². The summed E-state index contributed by atoms with van der Waals surface area (Å²) in [4.78, 5) is 8.70. The molecule has 0 bridgehead atoms. The van der Waals surface area contributed by atoms with Gasteiger partial charge in [0.1, 0.15) is 0 Å². The van der Waals surface area contributed by atoms with Crippen molar-refractivity contribution in [3.63, 3.8) is 0 Å². The van der Waals surface area contributed by atoms with Crippen LogP contribution in [-0.4, -0.2) is 111 Å². The van der Waals surface area contributed by atoms with Crippen LogP contribution in [0, 0.1) is 45.3 Å². The van der Waals surface area contributed by atoms with Crippen molar-refractivity contribution in [1.29, 1.82) is 0 Å². The van der Waals surface area contributed by atoms with E-state index in [-0.39, 0.29) is 13.1 Å². The van der Waals surface area contributed by atoms with Gasteiger partial charge in [0.25, 0.3) is 12.3 Å². The topological polar surface area (TPSA) is 13.0 Å². The number of nitrogens with zero attached hydrogens (tertiary/aromatic N) is 4. The van der Waals surface area contributed by atoms with Gasteiger partial charge in [0.2, 0.25) is 0 Å². The molecule has 300 valence electrons. The Morgan fingerprint density at radius 3 is 1.10 bits per heavy atom. The average molecular weight is 721 g/mol. The Bertz CT molecular complexity index is 879. The van der Waals surface area contributed by atoms with Crippen LogP contribution >= 0.6 is 0 Å². The molecule has 0 radical (unpaired) electrons. The van der Waals surface area contributed by atoms with E-state index in [4.69, 9.17) is 0 Å². The second-order valence-electron chi connectivity index (χ2n) is 20.7. The highest BCUT2D eigenvalue weighted by molar-refractivity contribution is 4.87. The fourth-order valence-corrected chi connectivity index (χ4v) is 7.78. The van der Waals surface area contributed by atoms with Crippen LogP contribution in [0.3, 0.4) is 0 Å². The predicted molar refractivity (Wildman–Crippen MR) is 209 cm³/mol. The second-order valence-corrected chi connectivity index (χ2v) is 20.7. The van der Waals surface area contributed by atoms with Gasteiger partial charge in [-0.2, -0.15) is 0 Å². The lowest BCUT2D eigenvalue weighted by Gasteiger charge is -2.46. The minimum absolute atomic E-state index is 0.0448. The summed E-state index contributed by atoms with van der Waals surface area (Å²) in [5.41, 5.74) is 1.71. The average Bonchev–Trinajstić information content (AvgIpc) is 2.91. The fourth-order valence-electron chi connectivity index (χ4n) is 7.78. The number of hydrogen-bond acceptors (Lipinski definition) is 4. The maximum Gasteiger partial charge on any atom is 0.257 e. The number of alkyl halides is 4. The molecular formula is C42H84F4N4. The summed E-state index contributed by atoms with van der Waals surface area (Å²) in [6.07, 6.45) is 4.84. The van der Waals surface area contributed by atoms with Crippen molar-refractivity contribution in [3.05, 3.63) is 0 Å². The van der Waals surface area contributed by atoms with Gasteiger partial charge in [-0.1, -0.05) is 90.0 Å². The van der Waals surface area contributed by atoms with Crippen LogP contribution in [0.4, 0.5) is 17.6 Å². The minimum Gasteiger partial charge on any atom is -0.306 e. The quantitative estimate of drug-likeness (QED) is 0.262. The normalized spacial score (nSPS) is 22.6. The van der Waals surface area contributed by atoms with E-state index in [0.717, 1.165) is 70.6 Å². The Hall–Kier alpha value is -0.440. The smallest absolute Gasteiger partial charge is 0.257 e. The predicted octanol–water partition coefficient (Wildman–Crippen LogP) is 10.8. The van der Waals surface area contributed by atoms with E-state index in [1.54, 1.807) is 0 Å². The Morgan fingerprint density at radius 2 is 0.820 bits per heavy atom. The first-order chi connectivity index (χ1) is 22.6. The Morgan fingerprint density at radius 1 is 0.500 bits per heavy atom. The molecule has 0 spiro atoms. The van der Waals surface area contributed by atoms with Crippen LogP contribution in [-0.2, 0) is 0 Å². The third-order valence-electron chi connectivity index (χ3n) is 12.1. The Kier molecular flexibility index (Phi) is 19.3. The maximum atomic E-state index is 12.8. The molecule has 50 heavy (non-hydrogen) atoms. The van der Waals surface area contributed by atoms with Gasteiger partial charge in [-0.3, -0.25) is 9.80 Å². The summed E-state index contributed by atoms with van der Waals surface area (Å²) in [5.74, 6) is 0.705. The molecule has 4 heterocycles. The van der Waals surface area contributed by atoms with E-state index in [0.29, 0.717) is 33.5 Å². The van der Waals surface area contributed by atoms with Gasteiger partial charge in [-0.05, 0) is 137 Å². The molecule has 4 saturated heterocycles. The monoisotopic (exact) mass is 721 g/mol. The molecule has 4 aliphatic rings. The highest BCUT2D eigenvalue weighted by atomic mass is 19.3. The number of halogens is 4. The first-order valence-corrected chi connectivity index (χ1v) is 20.1. The Labute approximate surface area is 308 Å². The second kappa shape index (κ2) is 20.3. The molecule has 0 N–H and O–H groups in total. The highest BCUT2D eigenvalue weighted by Crippen LogP contribution is 2.36. The van der Waals surface area contributed by atoms with Gasteiger partial charge in [0.15, 0.2) is 0 Å². The van der Waals surface area contributed by atoms with Gasteiger partial charge in [-0.15, -0.1) is 0 Å². The summed E-state index contributed by atoms with van der Waals surface area (Å²) in [6, 6.07) is 0. The van der Waals surface area contributed by atoms with Crippen LogP contribution in [0.25, 0.3) is 0 Å². The summed E-state index contributed by atoms with van der Waals surface area (Å²) in [7, 11) is 2.22. The zero-order valence-electron chi connectivity index (χ0n) is 35.7. The summed E-state index contributed by atoms with van der Waals surface area (Å²) >= 11 is 0. The molecule has 0 unspecified atom stereocenters. The van der Waals surface area contributed by atoms with Gasteiger partial charge in [0.05, 0.1) is 13.1 Å². The highest BCUT2D eigenvalue weighted by Gasteiger charge is 2.35. The van der Waals surface area contributed by atoms with Crippen molar-refractivity contribution in [1.82, 2.24) is 19.6 Å². The fraction of sp³-hybridized carbons (Fsp3) is 1.00.